The Morgan fingerprint density at radius 1 is 1.29 bits per heavy atom. The second-order valence-electron chi connectivity index (χ2n) is 8.87. The summed E-state index contributed by atoms with van der Waals surface area (Å²) in [6, 6.07) is 0. The lowest BCUT2D eigenvalue weighted by Crippen LogP contribution is -2.28. The topological polar surface area (TPSA) is 83.8 Å². The van der Waals surface area contributed by atoms with Crippen LogP contribution in [-0.4, -0.2) is 41.3 Å². The molecule has 0 aromatic carbocycles. The number of aliphatic hydroxyl groups is 2. The van der Waals surface area contributed by atoms with Gasteiger partial charge in [-0.2, -0.15) is 0 Å². The van der Waals surface area contributed by atoms with Gasteiger partial charge < -0.3 is 14.9 Å². The molecule has 0 saturated heterocycles. The average Bonchev–Trinajstić information content (AvgIpc) is 2.90. The molecular weight excluding hydrogens is 356 g/mol. The predicted octanol–water partition coefficient (Wildman–Crippen LogP) is 4.20. The minimum Gasteiger partial charge on any atom is -0.469 e. The van der Waals surface area contributed by atoms with Crippen molar-refractivity contribution < 1.29 is 24.5 Å². The van der Waals surface area contributed by atoms with Crippen LogP contribution in [0, 0.1) is 17.3 Å². The van der Waals surface area contributed by atoms with Crippen LogP contribution >= 0.6 is 0 Å². The Bertz CT molecular complexity index is 511. The number of esters is 1. The summed E-state index contributed by atoms with van der Waals surface area (Å²) < 4.78 is 4.63. The Hall–Kier alpha value is -1.20. The first-order valence-corrected chi connectivity index (χ1v) is 10.8. The monoisotopic (exact) mass is 396 g/mol. The number of ketones is 1. The van der Waals surface area contributed by atoms with Crippen molar-refractivity contribution in [2.24, 2.45) is 17.3 Å². The van der Waals surface area contributed by atoms with E-state index in [1.54, 1.807) is 0 Å². The van der Waals surface area contributed by atoms with Gasteiger partial charge >= 0.3 is 5.97 Å². The molecule has 0 aliphatic heterocycles. The zero-order valence-corrected chi connectivity index (χ0v) is 18.2. The molecule has 0 aromatic rings. The number of carbonyl (C=O) groups excluding carboxylic acids is 2. The van der Waals surface area contributed by atoms with Crippen LogP contribution in [0.2, 0.25) is 0 Å². The van der Waals surface area contributed by atoms with Gasteiger partial charge in [0.25, 0.3) is 0 Å². The zero-order valence-electron chi connectivity index (χ0n) is 18.2. The number of aliphatic hydroxyl groups excluding tert-OH is 2. The number of rotatable bonds is 13. The smallest absolute Gasteiger partial charge is 0.305 e. The number of unbranched alkanes of at least 4 members (excludes halogenated alkanes) is 3. The van der Waals surface area contributed by atoms with Crippen molar-refractivity contribution in [1.29, 1.82) is 0 Å². The van der Waals surface area contributed by atoms with Gasteiger partial charge in [0.1, 0.15) is 5.78 Å². The molecule has 4 atom stereocenters. The van der Waals surface area contributed by atoms with Gasteiger partial charge in [0.05, 0.1) is 19.3 Å². The van der Waals surface area contributed by atoms with E-state index in [-0.39, 0.29) is 35.4 Å². The van der Waals surface area contributed by atoms with Gasteiger partial charge in [-0.15, -0.1) is 0 Å². The lowest BCUT2D eigenvalue weighted by molar-refractivity contribution is -0.140. The minimum atomic E-state index is -0.617. The summed E-state index contributed by atoms with van der Waals surface area (Å²) in [5.74, 6) is -0.316. The van der Waals surface area contributed by atoms with Gasteiger partial charge in [-0.1, -0.05) is 58.6 Å². The first kappa shape index (κ1) is 24.8. The molecule has 5 heteroatoms. The van der Waals surface area contributed by atoms with Gasteiger partial charge in [-0.25, -0.2) is 0 Å². The van der Waals surface area contributed by atoms with E-state index in [1.165, 1.54) is 7.11 Å². The fraction of sp³-hybridized carbons (Fsp3) is 0.826. The van der Waals surface area contributed by atoms with Crippen molar-refractivity contribution in [2.45, 2.75) is 97.2 Å². The number of hydrogen-bond donors (Lipinski definition) is 2. The van der Waals surface area contributed by atoms with Crippen LogP contribution in [0.5, 0.6) is 0 Å². The van der Waals surface area contributed by atoms with Gasteiger partial charge in [0.2, 0.25) is 0 Å². The van der Waals surface area contributed by atoms with E-state index in [4.69, 9.17) is 0 Å². The standard InChI is InChI=1S/C23H40O5/c1-5-15-23(2,3)21(26)13-10-12-18-17(19(24)16-20(18)25)11-8-6-7-9-14-22(27)28-4/h10,12,17-18,20-21,25-26H,5-9,11,13-16H2,1-4H3/b12-10+/t17-,18-,20-,21?/m1/s1. The second kappa shape index (κ2) is 12.4. The van der Waals surface area contributed by atoms with E-state index < -0.39 is 12.2 Å². The summed E-state index contributed by atoms with van der Waals surface area (Å²) in [5.41, 5.74) is -0.132. The van der Waals surface area contributed by atoms with Crippen molar-refractivity contribution in [3.63, 3.8) is 0 Å². The Morgan fingerprint density at radius 3 is 2.61 bits per heavy atom. The number of Topliss-reactive ketones (excluding diaryl/α,β-unsaturated/α-hetero) is 1. The van der Waals surface area contributed by atoms with Crippen LogP contribution in [-0.2, 0) is 14.3 Å². The Morgan fingerprint density at radius 2 is 1.96 bits per heavy atom. The van der Waals surface area contributed by atoms with Crippen LogP contribution in [0.1, 0.15) is 85.0 Å². The van der Waals surface area contributed by atoms with Crippen LogP contribution in [0.4, 0.5) is 0 Å². The summed E-state index contributed by atoms with van der Waals surface area (Å²) in [7, 11) is 1.40. The normalized spacial score (nSPS) is 24.1. The fourth-order valence-electron chi connectivity index (χ4n) is 4.18. The maximum atomic E-state index is 12.3. The molecule has 2 N–H and O–H groups in total. The van der Waals surface area contributed by atoms with E-state index >= 15 is 0 Å². The van der Waals surface area contributed by atoms with Crippen LogP contribution in [0.3, 0.4) is 0 Å². The predicted molar refractivity (Wildman–Crippen MR) is 111 cm³/mol. The number of methoxy groups -OCH3 is 1. The highest BCUT2D eigenvalue weighted by atomic mass is 16.5. The third-order valence-corrected chi connectivity index (χ3v) is 6.12. The summed E-state index contributed by atoms with van der Waals surface area (Å²) in [5, 5.41) is 20.7. The average molecular weight is 397 g/mol. The maximum absolute atomic E-state index is 12.3. The quantitative estimate of drug-likeness (QED) is 0.277. The fourth-order valence-corrected chi connectivity index (χ4v) is 4.18. The molecule has 1 unspecified atom stereocenters. The van der Waals surface area contributed by atoms with Crippen LogP contribution < -0.4 is 0 Å². The number of hydrogen-bond acceptors (Lipinski definition) is 5. The second-order valence-corrected chi connectivity index (χ2v) is 8.87. The molecule has 5 nitrogen and oxygen atoms in total. The molecule has 1 rings (SSSR count). The lowest BCUT2D eigenvalue weighted by Gasteiger charge is -2.29. The first-order chi connectivity index (χ1) is 13.2. The minimum absolute atomic E-state index is 0.132. The highest BCUT2D eigenvalue weighted by Crippen LogP contribution is 2.35. The van der Waals surface area contributed by atoms with E-state index in [9.17, 15) is 19.8 Å². The SMILES string of the molecule is CCCC(C)(C)C(O)C/C=C/[C@H]1[C@H](O)CC(=O)[C@@H]1CCCCCCC(=O)OC. The molecule has 28 heavy (non-hydrogen) atoms. The van der Waals surface area contributed by atoms with Crippen molar-refractivity contribution in [1.82, 2.24) is 0 Å². The van der Waals surface area contributed by atoms with E-state index in [2.05, 4.69) is 25.5 Å². The zero-order chi connectivity index (χ0) is 21.2. The van der Waals surface area contributed by atoms with E-state index in [1.807, 2.05) is 12.2 Å². The number of ether oxygens (including phenoxy) is 1. The summed E-state index contributed by atoms with van der Waals surface area (Å²) >= 11 is 0. The Labute approximate surface area is 170 Å². The van der Waals surface area contributed by atoms with Gasteiger partial charge in [0, 0.05) is 24.7 Å². The molecule has 1 saturated carbocycles. The highest BCUT2D eigenvalue weighted by molar-refractivity contribution is 5.84. The van der Waals surface area contributed by atoms with Crippen LogP contribution in [0.25, 0.3) is 0 Å². The maximum Gasteiger partial charge on any atom is 0.305 e. The highest BCUT2D eigenvalue weighted by Gasteiger charge is 2.39. The lowest BCUT2D eigenvalue weighted by atomic mass is 9.80. The molecule has 0 aromatic heterocycles. The molecule has 0 radical (unpaired) electrons. The van der Waals surface area contributed by atoms with Crippen molar-refractivity contribution in [3.8, 4) is 0 Å². The van der Waals surface area contributed by atoms with Gasteiger partial charge in [0.15, 0.2) is 0 Å². The molecule has 0 bridgehead atoms. The Kier molecular flexibility index (Phi) is 11.0. The molecule has 1 fully saturated rings. The summed E-state index contributed by atoms with van der Waals surface area (Å²) in [6.45, 7) is 6.27. The van der Waals surface area contributed by atoms with E-state index in [0.29, 0.717) is 12.8 Å². The molecule has 0 heterocycles. The third-order valence-electron chi connectivity index (χ3n) is 6.12. The van der Waals surface area contributed by atoms with Crippen LogP contribution in [0.15, 0.2) is 12.2 Å². The molecule has 0 spiro atoms. The van der Waals surface area contributed by atoms with E-state index in [0.717, 1.165) is 44.9 Å². The van der Waals surface area contributed by atoms with Crippen molar-refractivity contribution >= 4 is 11.8 Å². The third kappa shape index (κ3) is 8.04. The molecular formula is C23H40O5. The van der Waals surface area contributed by atoms with Crippen molar-refractivity contribution in [2.75, 3.05) is 7.11 Å². The van der Waals surface area contributed by atoms with Gasteiger partial charge in [-0.3, -0.25) is 9.59 Å². The van der Waals surface area contributed by atoms with Gasteiger partial charge in [-0.05, 0) is 31.1 Å². The summed E-state index contributed by atoms with van der Waals surface area (Å²) in [6.07, 6.45) is 10.5. The molecule has 1 aliphatic rings. The Balaban J connectivity index is 2.46. The van der Waals surface area contributed by atoms with Crippen molar-refractivity contribution in [3.05, 3.63) is 12.2 Å². The largest absolute Gasteiger partial charge is 0.469 e. The molecule has 1 aliphatic carbocycles. The molecule has 0 amide bonds. The molecule has 162 valence electrons. The first-order valence-electron chi connectivity index (χ1n) is 10.8. The number of carbonyl (C=O) groups is 2. The summed E-state index contributed by atoms with van der Waals surface area (Å²) in [4.78, 5) is 23.4.